The summed E-state index contributed by atoms with van der Waals surface area (Å²) in [5.74, 6) is 0. The first-order valence-corrected chi connectivity index (χ1v) is 5.14. The van der Waals surface area contributed by atoms with Crippen molar-refractivity contribution in [3.63, 3.8) is 0 Å². The first-order valence-electron chi connectivity index (χ1n) is 5.14. The van der Waals surface area contributed by atoms with Crippen LogP contribution < -0.4 is 5.32 Å². The summed E-state index contributed by atoms with van der Waals surface area (Å²) in [5, 5.41) is 2.90. The fraction of sp³-hybridized carbons (Fsp3) is 0.900. The summed E-state index contributed by atoms with van der Waals surface area (Å²) in [6.45, 7) is 2.83. The van der Waals surface area contributed by atoms with Crippen molar-refractivity contribution in [3.05, 3.63) is 0 Å². The lowest BCUT2D eigenvalue weighted by atomic mass is 9.71. The van der Waals surface area contributed by atoms with Crippen LogP contribution >= 0.6 is 0 Å². The van der Waals surface area contributed by atoms with E-state index < -0.39 is 0 Å². The quantitative estimate of drug-likeness (QED) is 0.675. The number of carbonyl (C=O) groups is 1. The molecular formula is C10H17NO2. The summed E-state index contributed by atoms with van der Waals surface area (Å²) >= 11 is 0. The Balaban J connectivity index is 2.01. The Kier molecular flexibility index (Phi) is 2.18. The van der Waals surface area contributed by atoms with Gasteiger partial charge < -0.3 is 10.1 Å². The number of carbonyl (C=O) groups excluding carboxylic acids is 1. The zero-order valence-electron chi connectivity index (χ0n) is 8.14. The third-order valence-corrected chi connectivity index (χ3v) is 3.51. The van der Waals surface area contributed by atoms with Crippen LogP contribution in [0.2, 0.25) is 0 Å². The van der Waals surface area contributed by atoms with Crippen LogP contribution in [0.3, 0.4) is 0 Å². The van der Waals surface area contributed by atoms with Crippen LogP contribution in [0.15, 0.2) is 0 Å². The van der Waals surface area contributed by atoms with Crippen molar-refractivity contribution in [2.75, 3.05) is 6.61 Å². The summed E-state index contributed by atoms with van der Waals surface area (Å²) in [7, 11) is 0. The summed E-state index contributed by atoms with van der Waals surface area (Å²) in [4.78, 5) is 10.9. The van der Waals surface area contributed by atoms with E-state index >= 15 is 0 Å². The molecule has 1 atom stereocenters. The molecule has 0 bridgehead atoms. The van der Waals surface area contributed by atoms with E-state index in [0.29, 0.717) is 6.61 Å². The number of amides is 1. The van der Waals surface area contributed by atoms with Gasteiger partial charge in [0, 0.05) is 0 Å². The van der Waals surface area contributed by atoms with Crippen LogP contribution in [0.4, 0.5) is 4.79 Å². The predicted molar refractivity (Wildman–Crippen MR) is 49.5 cm³/mol. The molecule has 3 nitrogen and oxygen atoms in total. The molecule has 0 aromatic carbocycles. The molecule has 0 spiro atoms. The molecule has 1 saturated heterocycles. The highest BCUT2D eigenvalue weighted by Gasteiger charge is 2.40. The van der Waals surface area contributed by atoms with E-state index in [9.17, 15) is 4.79 Å². The zero-order chi connectivity index (χ0) is 9.31. The van der Waals surface area contributed by atoms with Gasteiger partial charge in [-0.25, -0.2) is 4.79 Å². The Morgan fingerprint density at radius 2 is 2.08 bits per heavy atom. The van der Waals surface area contributed by atoms with E-state index in [2.05, 4.69) is 12.2 Å². The minimum atomic E-state index is -0.239. The van der Waals surface area contributed by atoms with Gasteiger partial charge in [0.05, 0.1) is 6.04 Å². The summed E-state index contributed by atoms with van der Waals surface area (Å²) in [6, 6.07) is 0.250. The van der Waals surface area contributed by atoms with E-state index in [1.165, 1.54) is 32.1 Å². The van der Waals surface area contributed by atoms with Crippen molar-refractivity contribution in [2.24, 2.45) is 5.41 Å². The van der Waals surface area contributed by atoms with Gasteiger partial charge in [0.25, 0.3) is 0 Å². The van der Waals surface area contributed by atoms with E-state index in [4.69, 9.17) is 4.74 Å². The molecule has 74 valence electrons. The molecule has 1 saturated carbocycles. The normalized spacial score (nSPS) is 32.4. The van der Waals surface area contributed by atoms with Gasteiger partial charge >= 0.3 is 6.09 Å². The van der Waals surface area contributed by atoms with Crippen LogP contribution in [0.5, 0.6) is 0 Å². The van der Waals surface area contributed by atoms with Gasteiger partial charge in [0.2, 0.25) is 0 Å². The minimum absolute atomic E-state index is 0.239. The molecule has 1 N–H and O–H groups in total. The molecule has 2 rings (SSSR count). The molecule has 2 fully saturated rings. The van der Waals surface area contributed by atoms with E-state index in [1.54, 1.807) is 0 Å². The molecule has 2 aliphatic rings. The fourth-order valence-electron chi connectivity index (χ4n) is 2.47. The Bertz CT molecular complexity index is 209. The minimum Gasteiger partial charge on any atom is -0.447 e. The number of ether oxygens (including phenoxy) is 1. The van der Waals surface area contributed by atoms with Crippen molar-refractivity contribution in [3.8, 4) is 0 Å². The third kappa shape index (κ3) is 1.64. The van der Waals surface area contributed by atoms with Crippen LogP contribution in [0.25, 0.3) is 0 Å². The number of nitrogens with one attached hydrogen (secondary N) is 1. The van der Waals surface area contributed by atoms with Gasteiger partial charge in [-0.15, -0.1) is 0 Å². The van der Waals surface area contributed by atoms with E-state index in [1.807, 2.05) is 0 Å². The number of alkyl carbamates (subject to hydrolysis) is 1. The fourth-order valence-corrected chi connectivity index (χ4v) is 2.47. The second-order valence-electron chi connectivity index (χ2n) is 4.51. The van der Waals surface area contributed by atoms with Crippen molar-refractivity contribution >= 4 is 6.09 Å². The number of hydrogen-bond donors (Lipinski definition) is 1. The first-order chi connectivity index (χ1) is 6.21. The average Bonchev–Trinajstić information content (AvgIpc) is 2.54. The average molecular weight is 183 g/mol. The van der Waals surface area contributed by atoms with Gasteiger partial charge in [-0.05, 0) is 18.3 Å². The van der Waals surface area contributed by atoms with Gasteiger partial charge in [0.1, 0.15) is 6.61 Å². The maximum Gasteiger partial charge on any atom is 0.407 e. The molecule has 1 aliphatic carbocycles. The number of cyclic esters (lactones) is 1. The monoisotopic (exact) mass is 183 g/mol. The van der Waals surface area contributed by atoms with Crippen molar-refractivity contribution in [1.82, 2.24) is 5.32 Å². The van der Waals surface area contributed by atoms with Crippen LogP contribution in [-0.4, -0.2) is 18.7 Å². The standard InChI is InChI=1S/C10H17NO2/c1-10(5-3-2-4-6-10)8-7-13-9(12)11-8/h8H,2-7H2,1H3,(H,11,12). The summed E-state index contributed by atoms with van der Waals surface area (Å²) in [5.41, 5.74) is 0.282. The molecule has 1 amide bonds. The second-order valence-corrected chi connectivity index (χ2v) is 4.51. The lowest BCUT2D eigenvalue weighted by molar-refractivity contribution is 0.137. The molecule has 1 unspecified atom stereocenters. The molecule has 1 aliphatic heterocycles. The number of rotatable bonds is 1. The molecule has 0 aromatic rings. The third-order valence-electron chi connectivity index (χ3n) is 3.51. The maximum atomic E-state index is 10.9. The van der Waals surface area contributed by atoms with Crippen LogP contribution in [0, 0.1) is 5.41 Å². The lowest BCUT2D eigenvalue weighted by Gasteiger charge is -2.37. The highest BCUT2D eigenvalue weighted by atomic mass is 16.6. The summed E-state index contributed by atoms with van der Waals surface area (Å²) in [6.07, 6.45) is 6.14. The van der Waals surface area contributed by atoms with Gasteiger partial charge in [-0.3, -0.25) is 0 Å². The van der Waals surface area contributed by atoms with Gasteiger partial charge in [0.15, 0.2) is 0 Å². The maximum absolute atomic E-state index is 10.9. The molecule has 1 heterocycles. The number of hydrogen-bond acceptors (Lipinski definition) is 2. The van der Waals surface area contributed by atoms with Crippen LogP contribution in [0.1, 0.15) is 39.0 Å². The van der Waals surface area contributed by atoms with Gasteiger partial charge in [-0.2, -0.15) is 0 Å². The Labute approximate surface area is 78.8 Å². The smallest absolute Gasteiger partial charge is 0.407 e. The zero-order valence-corrected chi connectivity index (χ0v) is 8.14. The van der Waals surface area contributed by atoms with Gasteiger partial charge in [-0.1, -0.05) is 26.2 Å². The van der Waals surface area contributed by atoms with Crippen molar-refractivity contribution < 1.29 is 9.53 Å². The van der Waals surface area contributed by atoms with E-state index in [-0.39, 0.29) is 17.6 Å². The second kappa shape index (κ2) is 3.20. The van der Waals surface area contributed by atoms with Crippen LogP contribution in [-0.2, 0) is 4.74 Å². The molecule has 13 heavy (non-hydrogen) atoms. The van der Waals surface area contributed by atoms with Crippen molar-refractivity contribution in [2.45, 2.75) is 45.1 Å². The SMILES string of the molecule is CC1(C2COC(=O)N2)CCCCC1. The molecule has 0 radical (unpaired) electrons. The van der Waals surface area contributed by atoms with Crippen molar-refractivity contribution in [1.29, 1.82) is 0 Å². The molecular weight excluding hydrogens is 166 g/mol. The first kappa shape index (κ1) is 8.85. The Hall–Kier alpha value is -0.730. The highest BCUT2D eigenvalue weighted by molar-refractivity contribution is 5.69. The summed E-state index contributed by atoms with van der Waals surface area (Å²) < 4.78 is 4.93. The highest BCUT2D eigenvalue weighted by Crippen LogP contribution is 2.39. The molecule has 0 aromatic heterocycles. The van der Waals surface area contributed by atoms with E-state index in [0.717, 1.165) is 0 Å². The largest absolute Gasteiger partial charge is 0.447 e. The predicted octanol–water partition coefficient (Wildman–Crippen LogP) is 2.07. The Morgan fingerprint density at radius 1 is 1.38 bits per heavy atom. The Morgan fingerprint density at radius 3 is 2.62 bits per heavy atom. The topological polar surface area (TPSA) is 38.3 Å². The molecule has 3 heteroatoms. The lowest BCUT2D eigenvalue weighted by Crippen LogP contribution is -2.43.